The highest BCUT2D eigenvalue weighted by molar-refractivity contribution is 6.31. The molecule has 7 heteroatoms. The van der Waals surface area contributed by atoms with Gasteiger partial charge in [0.2, 0.25) is 11.8 Å². The largest absolute Gasteiger partial charge is 0.465 e. The molecule has 0 spiro atoms. The first-order valence-corrected chi connectivity index (χ1v) is 9.48. The third kappa shape index (κ3) is 5.34. The van der Waals surface area contributed by atoms with Crippen LogP contribution < -0.4 is 10.6 Å². The van der Waals surface area contributed by atoms with Crippen molar-refractivity contribution in [2.45, 2.75) is 32.4 Å². The van der Waals surface area contributed by atoms with Crippen molar-refractivity contribution in [3.63, 3.8) is 0 Å². The van der Waals surface area contributed by atoms with E-state index in [1.54, 1.807) is 0 Å². The van der Waals surface area contributed by atoms with Crippen molar-refractivity contribution in [1.29, 1.82) is 0 Å². The Morgan fingerprint density at radius 2 is 2.15 bits per heavy atom. The van der Waals surface area contributed by atoms with Crippen LogP contribution in [0.3, 0.4) is 0 Å². The molecular formula is C20H24ClN3O3. The highest BCUT2D eigenvalue weighted by Crippen LogP contribution is 2.17. The van der Waals surface area contributed by atoms with E-state index in [2.05, 4.69) is 10.6 Å². The molecule has 0 bridgehead atoms. The molecule has 1 aliphatic rings. The Morgan fingerprint density at radius 1 is 1.33 bits per heavy atom. The van der Waals surface area contributed by atoms with E-state index in [1.165, 1.54) is 0 Å². The zero-order valence-corrected chi connectivity index (χ0v) is 16.1. The van der Waals surface area contributed by atoms with Crippen molar-refractivity contribution >= 4 is 23.4 Å². The van der Waals surface area contributed by atoms with E-state index >= 15 is 0 Å². The van der Waals surface area contributed by atoms with Gasteiger partial charge in [-0.1, -0.05) is 29.8 Å². The summed E-state index contributed by atoms with van der Waals surface area (Å²) < 4.78 is 5.61. The number of hydrogen-bond donors (Lipinski definition) is 2. The topological polar surface area (TPSA) is 74.6 Å². The van der Waals surface area contributed by atoms with Gasteiger partial charge in [-0.3, -0.25) is 14.5 Å². The summed E-state index contributed by atoms with van der Waals surface area (Å²) in [5.41, 5.74) is 0.990. The summed E-state index contributed by atoms with van der Waals surface area (Å²) in [4.78, 5) is 26.6. The van der Waals surface area contributed by atoms with E-state index in [0.29, 0.717) is 37.6 Å². The zero-order valence-electron chi connectivity index (χ0n) is 15.3. The molecule has 3 rings (SSSR count). The molecular weight excluding hydrogens is 366 g/mol. The first kappa shape index (κ1) is 19.5. The minimum Gasteiger partial charge on any atom is -0.465 e. The number of nitrogens with zero attached hydrogens (tertiary/aromatic N) is 1. The van der Waals surface area contributed by atoms with Crippen molar-refractivity contribution in [3.05, 3.63) is 58.5 Å². The number of furan rings is 1. The second kappa shape index (κ2) is 9.06. The van der Waals surface area contributed by atoms with Gasteiger partial charge in [-0.25, -0.2) is 0 Å². The number of rotatable bonds is 7. The van der Waals surface area contributed by atoms with E-state index < -0.39 is 6.04 Å². The monoisotopic (exact) mass is 389 g/mol. The van der Waals surface area contributed by atoms with E-state index in [9.17, 15) is 9.59 Å². The van der Waals surface area contributed by atoms with E-state index in [4.69, 9.17) is 16.0 Å². The van der Waals surface area contributed by atoms with E-state index in [0.717, 1.165) is 17.1 Å². The smallest absolute Gasteiger partial charge is 0.237 e. The quantitative estimate of drug-likeness (QED) is 0.762. The third-order valence-corrected chi connectivity index (χ3v) is 5.02. The maximum absolute atomic E-state index is 12.4. The van der Waals surface area contributed by atoms with Crippen LogP contribution in [0.1, 0.15) is 23.5 Å². The highest BCUT2D eigenvalue weighted by atomic mass is 35.5. The molecule has 1 atom stereocenters. The lowest BCUT2D eigenvalue weighted by Crippen LogP contribution is -2.56. The molecule has 0 radical (unpaired) electrons. The first-order valence-electron chi connectivity index (χ1n) is 9.10. The Bertz CT molecular complexity index is 805. The number of amides is 2. The lowest BCUT2D eigenvalue weighted by molar-refractivity contribution is -0.134. The van der Waals surface area contributed by atoms with Gasteiger partial charge < -0.3 is 15.1 Å². The van der Waals surface area contributed by atoms with Gasteiger partial charge in [-0.05, 0) is 37.1 Å². The second-order valence-electron chi connectivity index (χ2n) is 6.69. The van der Waals surface area contributed by atoms with Crippen LogP contribution in [-0.4, -0.2) is 42.4 Å². The summed E-state index contributed by atoms with van der Waals surface area (Å²) in [6, 6.07) is 10.9. The Morgan fingerprint density at radius 3 is 2.89 bits per heavy atom. The molecule has 1 unspecified atom stereocenters. The summed E-state index contributed by atoms with van der Waals surface area (Å²) in [5, 5.41) is 6.42. The number of carbonyl (C=O) groups is 2. The lowest BCUT2D eigenvalue weighted by Gasteiger charge is -2.34. The standard InChI is InChI=1S/C20H24ClN3O3/c1-14-6-7-16(27-14)13-24-11-10-23-20(26)18(24)12-19(25)22-9-8-15-4-2-3-5-17(15)21/h2-7,18H,8-13H2,1H3,(H,22,25)(H,23,26). The van der Waals surface area contributed by atoms with Crippen molar-refractivity contribution in [2.75, 3.05) is 19.6 Å². The number of halogens is 1. The molecule has 1 fully saturated rings. The zero-order chi connectivity index (χ0) is 19.2. The molecule has 2 heterocycles. The molecule has 1 aromatic carbocycles. The van der Waals surface area contributed by atoms with Crippen molar-refractivity contribution in [2.24, 2.45) is 0 Å². The van der Waals surface area contributed by atoms with Gasteiger partial charge in [-0.2, -0.15) is 0 Å². The third-order valence-electron chi connectivity index (χ3n) is 4.65. The molecule has 144 valence electrons. The number of nitrogens with one attached hydrogen (secondary N) is 2. The Hall–Kier alpha value is -2.31. The molecule has 1 saturated heterocycles. The molecule has 1 aliphatic heterocycles. The van der Waals surface area contributed by atoms with Gasteiger partial charge in [0.25, 0.3) is 0 Å². The van der Waals surface area contributed by atoms with Crippen LogP contribution in [0.5, 0.6) is 0 Å². The van der Waals surface area contributed by atoms with Gasteiger partial charge in [0.05, 0.1) is 19.0 Å². The van der Waals surface area contributed by atoms with Crippen molar-refractivity contribution in [1.82, 2.24) is 15.5 Å². The molecule has 2 aromatic rings. The Kier molecular flexibility index (Phi) is 6.53. The highest BCUT2D eigenvalue weighted by Gasteiger charge is 2.32. The van der Waals surface area contributed by atoms with Crippen molar-refractivity contribution < 1.29 is 14.0 Å². The van der Waals surface area contributed by atoms with Crippen LogP contribution in [0.25, 0.3) is 0 Å². The maximum Gasteiger partial charge on any atom is 0.237 e. The number of benzene rings is 1. The van der Waals surface area contributed by atoms with Crippen LogP contribution >= 0.6 is 11.6 Å². The van der Waals surface area contributed by atoms with Crippen LogP contribution in [0, 0.1) is 6.92 Å². The Balaban J connectivity index is 1.53. The fourth-order valence-corrected chi connectivity index (χ4v) is 3.46. The molecule has 0 saturated carbocycles. The first-order chi connectivity index (χ1) is 13.0. The predicted octanol–water partition coefficient (Wildman–Crippen LogP) is 2.29. The van der Waals surface area contributed by atoms with Gasteiger partial charge in [-0.15, -0.1) is 0 Å². The molecule has 2 N–H and O–H groups in total. The summed E-state index contributed by atoms with van der Waals surface area (Å²) in [5.74, 6) is 1.36. The van der Waals surface area contributed by atoms with E-state index in [-0.39, 0.29) is 18.2 Å². The SMILES string of the molecule is Cc1ccc(CN2CCNC(=O)C2CC(=O)NCCc2ccccc2Cl)o1. The number of hydrogen-bond acceptors (Lipinski definition) is 4. The summed E-state index contributed by atoms with van der Waals surface area (Å²) >= 11 is 6.13. The number of aryl methyl sites for hydroxylation is 1. The van der Waals surface area contributed by atoms with Gasteiger partial charge in [0.15, 0.2) is 0 Å². The van der Waals surface area contributed by atoms with Gasteiger partial charge in [0, 0.05) is 24.7 Å². The average Bonchev–Trinajstić information content (AvgIpc) is 3.04. The normalized spacial score (nSPS) is 17.6. The minimum absolute atomic E-state index is 0.119. The van der Waals surface area contributed by atoms with Gasteiger partial charge in [0.1, 0.15) is 11.5 Å². The molecule has 1 aromatic heterocycles. The fraction of sp³-hybridized carbons (Fsp3) is 0.400. The summed E-state index contributed by atoms with van der Waals surface area (Å²) in [6.07, 6.45) is 0.770. The average molecular weight is 390 g/mol. The summed E-state index contributed by atoms with van der Waals surface area (Å²) in [6.45, 7) is 4.13. The van der Waals surface area contributed by atoms with Crippen LogP contribution in [0.4, 0.5) is 0 Å². The maximum atomic E-state index is 12.4. The molecule has 0 aliphatic carbocycles. The minimum atomic E-state index is -0.496. The fourth-order valence-electron chi connectivity index (χ4n) is 3.23. The van der Waals surface area contributed by atoms with Crippen molar-refractivity contribution in [3.8, 4) is 0 Å². The van der Waals surface area contributed by atoms with E-state index in [1.807, 2.05) is 48.2 Å². The molecule has 27 heavy (non-hydrogen) atoms. The van der Waals surface area contributed by atoms with Crippen LogP contribution in [-0.2, 0) is 22.6 Å². The number of piperazine rings is 1. The molecule has 2 amide bonds. The number of carbonyl (C=O) groups excluding carboxylic acids is 2. The molecule has 6 nitrogen and oxygen atoms in total. The summed E-state index contributed by atoms with van der Waals surface area (Å²) in [7, 11) is 0. The van der Waals surface area contributed by atoms with Gasteiger partial charge >= 0.3 is 0 Å². The predicted molar refractivity (Wildman–Crippen MR) is 103 cm³/mol. The lowest BCUT2D eigenvalue weighted by atomic mass is 10.1. The Labute approximate surface area is 163 Å². The van der Waals surface area contributed by atoms with Crippen LogP contribution in [0.15, 0.2) is 40.8 Å². The second-order valence-corrected chi connectivity index (χ2v) is 7.09. The van der Waals surface area contributed by atoms with Crippen LogP contribution in [0.2, 0.25) is 5.02 Å².